The minimum atomic E-state index is -3.80. The lowest BCUT2D eigenvalue weighted by molar-refractivity contribution is -0.180. The minimum absolute atomic E-state index is 0.0358. The molecule has 0 aromatic carbocycles. The molecular formula is C22H28O9S. The van der Waals surface area contributed by atoms with Crippen LogP contribution in [0.5, 0.6) is 0 Å². The lowest BCUT2D eigenvalue weighted by Crippen LogP contribution is -2.76. The molecule has 4 aliphatic heterocycles. The van der Waals surface area contributed by atoms with Crippen molar-refractivity contribution in [1.82, 2.24) is 0 Å². The SMILES string of the molecule is CC(C)[C@]12O[C@H]1[C@@H]1O[C@]13[C@]1(O[C@H]1C[C@H]1C4=C(CC[C@@]13C)C(=O)OC4)[C@]2(O)COS(C)(=O)=O. The maximum absolute atomic E-state index is 12.4. The molecule has 2 spiro atoms. The second kappa shape index (κ2) is 5.28. The standard InChI is InChI=1S/C22H28O9S/c1-10(2)20-15(30-20)16-22(31-16)18(3)6-5-11-12(8-27-17(11)23)13(18)7-14-21(22,29-14)19(20,24)9-28-32(4,25)26/h10,13-16,24H,5-9H2,1-4H3/t13-,14-,15-,16-,18-,19-,20-,21+,22+/m0/s1. The molecule has 0 amide bonds. The second-order valence-electron chi connectivity index (χ2n) is 11.2. The lowest BCUT2D eigenvalue weighted by Gasteiger charge is -2.56. The highest BCUT2D eigenvalue weighted by molar-refractivity contribution is 7.85. The molecule has 9 nitrogen and oxygen atoms in total. The van der Waals surface area contributed by atoms with Crippen LogP contribution >= 0.6 is 0 Å². The summed E-state index contributed by atoms with van der Waals surface area (Å²) in [5, 5.41) is 12.4. The van der Waals surface area contributed by atoms with Gasteiger partial charge in [-0.25, -0.2) is 4.79 Å². The number of ether oxygens (including phenoxy) is 4. The molecule has 1 N–H and O–H groups in total. The van der Waals surface area contributed by atoms with Gasteiger partial charge in [0.25, 0.3) is 10.1 Å². The van der Waals surface area contributed by atoms with Crippen LogP contribution in [-0.4, -0.2) is 79.7 Å². The Morgan fingerprint density at radius 3 is 2.62 bits per heavy atom. The summed E-state index contributed by atoms with van der Waals surface area (Å²) in [7, 11) is -3.80. The summed E-state index contributed by atoms with van der Waals surface area (Å²) in [6.45, 7) is 5.94. The molecule has 9 atom stereocenters. The van der Waals surface area contributed by atoms with Crippen molar-refractivity contribution in [1.29, 1.82) is 0 Å². The van der Waals surface area contributed by atoms with Crippen LogP contribution < -0.4 is 0 Å². The van der Waals surface area contributed by atoms with Gasteiger partial charge >= 0.3 is 5.97 Å². The molecular weight excluding hydrogens is 440 g/mol. The van der Waals surface area contributed by atoms with E-state index in [1.165, 1.54) is 0 Å². The van der Waals surface area contributed by atoms with Crippen molar-refractivity contribution in [2.45, 2.75) is 80.7 Å². The smallest absolute Gasteiger partial charge is 0.334 e. The van der Waals surface area contributed by atoms with Crippen molar-refractivity contribution in [3.05, 3.63) is 11.1 Å². The van der Waals surface area contributed by atoms with Gasteiger partial charge in [0.1, 0.15) is 36.6 Å². The molecule has 0 aromatic heterocycles. The van der Waals surface area contributed by atoms with Gasteiger partial charge in [0.15, 0.2) is 11.2 Å². The second-order valence-corrected chi connectivity index (χ2v) is 12.9. The number of aliphatic hydroxyl groups is 1. The first kappa shape index (κ1) is 20.3. The molecule has 3 aliphatic carbocycles. The zero-order valence-electron chi connectivity index (χ0n) is 18.5. The summed E-state index contributed by atoms with van der Waals surface area (Å²) in [6.07, 6.45) is 1.93. The van der Waals surface area contributed by atoms with E-state index in [0.29, 0.717) is 25.9 Å². The van der Waals surface area contributed by atoms with Crippen LogP contribution in [0.25, 0.3) is 0 Å². The van der Waals surface area contributed by atoms with Crippen molar-refractivity contribution in [3.63, 3.8) is 0 Å². The summed E-state index contributed by atoms with van der Waals surface area (Å²) in [4.78, 5) is 12.2. The monoisotopic (exact) mass is 468 g/mol. The van der Waals surface area contributed by atoms with E-state index < -0.39 is 44.5 Å². The molecule has 2 saturated carbocycles. The van der Waals surface area contributed by atoms with Gasteiger partial charge in [-0.2, -0.15) is 8.42 Å². The number of carbonyl (C=O) groups is 1. The van der Waals surface area contributed by atoms with Crippen LogP contribution in [0.3, 0.4) is 0 Å². The van der Waals surface area contributed by atoms with Gasteiger partial charge in [-0.1, -0.05) is 20.8 Å². The van der Waals surface area contributed by atoms with E-state index in [1.54, 1.807) is 0 Å². The molecule has 7 rings (SSSR count). The van der Waals surface area contributed by atoms with E-state index in [1.807, 2.05) is 13.8 Å². The van der Waals surface area contributed by atoms with Crippen molar-refractivity contribution in [2.24, 2.45) is 17.3 Å². The Morgan fingerprint density at radius 2 is 1.94 bits per heavy atom. The molecule has 5 fully saturated rings. The number of epoxide rings is 3. The molecule has 32 heavy (non-hydrogen) atoms. The molecule has 10 heteroatoms. The molecule has 0 aromatic rings. The molecule has 176 valence electrons. The molecule has 3 saturated heterocycles. The number of esters is 1. The summed E-state index contributed by atoms with van der Waals surface area (Å²) in [5.41, 5.74) is -3.22. The first-order valence-electron chi connectivity index (χ1n) is 11.4. The zero-order chi connectivity index (χ0) is 22.7. The highest BCUT2D eigenvalue weighted by Crippen LogP contribution is 2.85. The van der Waals surface area contributed by atoms with Crippen LogP contribution in [0, 0.1) is 17.3 Å². The van der Waals surface area contributed by atoms with Crippen LogP contribution in [-0.2, 0) is 38.0 Å². The maximum atomic E-state index is 12.4. The van der Waals surface area contributed by atoms with E-state index in [-0.39, 0.29) is 36.1 Å². The Labute approximate surface area is 186 Å². The van der Waals surface area contributed by atoms with Crippen LogP contribution in [0.4, 0.5) is 0 Å². The van der Waals surface area contributed by atoms with Crippen molar-refractivity contribution < 1.29 is 41.4 Å². The zero-order valence-corrected chi connectivity index (χ0v) is 19.4. The Hall–Kier alpha value is -1.04. The predicted molar refractivity (Wildman–Crippen MR) is 107 cm³/mol. The largest absolute Gasteiger partial charge is 0.458 e. The van der Waals surface area contributed by atoms with Gasteiger partial charge in [-0.15, -0.1) is 0 Å². The summed E-state index contributed by atoms with van der Waals surface area (Å²) < 4.78 is 53.7. The average molecular weight is 469 g/mol. The minimum Gasteiger partial charge on any atom is -0.458 e. The van der Waals surface area contributed by atoms with Crippen molar-refractivity contribution in [3.8, 4) is 0 Å². The molecule has 7 aliphatic rings. The lowest BCUT2D eigenvalue weighted by atomic mass is 9.44. The quantitative estimate of drug-likeness (QED) is 0.355. The van der Waals surface area contributed by atoms with Gasteiger partial charge < -0.3 is 24.1 Å². The normalized spacial score (nSPS) is 56.4. The van der Waals surface area contributed by atoms with Crippen molar-refractivity contribution in [2.75, 3.05) is 19.5 Å². The summed E-state index contributed by atoms with van der Waals surface area (Å²) in [5.74, 6) is -0.296. The Bertz CT molecular complexity index is 1110. The van der Waals surface area contributed by atoms with E-state index >= 15 is 0 Å². The van der Waals surface area contributed by atoms with E-state index in [2.05, 4.69) is 6.92 Å². The Morgan fingerprint density at radius 1 is 1.19 bits per heavy atom. The first-order valence-corrected chi connectivity index (χ1v) is 13.2. The van der Waals surface area contributed by atoms with E-state index in [9.17, 15) is 18.3 Å². The number of fused-ring (bicyclic) bond motifs is 4. The van der Waals surface area contributed by atoms with Gasteiger partial charge in [0, 0.05) is 11.0 Å². The molecule has 0 unspecified atom stereocenters. The van der Waals surface area contributed by atoms with Crippen LogP contribution in [0.1, 0.15) is 40.0 Å². The molecule has 0 bridgehead atoms. The third-order valence-electron chi connectivity index (χ3n) is 9.87. The number of hydrogen-bond acceptors (Lipinski definition) is 9. The van der Waals surface area contributed by atoms with Crippen LogP contribution in [0.15, 0.2) is 11.1 Å². The number of hydrogen-bond donors (Lipinski definition) is 1. The third kappa shape index (κ3) is 1.81. The number of rotatable bonds is 4. The highest BCUT2D eigenvalue weighted by Gasteiger charge is 3.04. The highest BCUT2D eigenvalue weighted by atomic mass is 32.2. The van der Waals surface area contributed by atoms with Gasteiger partial charge in [-0.3, -0.25) is 4.18 Å². The van der Waals surface area contributed by atoms with Gasteiger partial charge in [0.2, 0.25) is 0 Å². The van der Waals surface area contributed by atoms with Gasteiger partial charge in [0.05, 0.1) is 12.4 Å². The van der Waals surface area contributed by atoms with E-state index in [4.69, 9.17) is 23.1 Å². The fourth-order valence-electron chi connectivity index (χ4n) is 8.49. The molecule has 0 radical (unpaired) electrons. The predicted octanol–water partition coefficient (Wildman–Crippen LogP) is 0.450. The Kier molecular flexibility index (Phi) is 3.36. The average Bonchev–Trinajstić information content (AvgIpc) is 3.59. The van der Waals surface area contributed by atoms with E-state index in [0.717, 1.165) is 17.4 Å². The number of carbonyl (C=O) groups excluding carboxylic acids is 1. The summed E-state index contributed by atoms with van der Waals surface area (Å²) in [6, 6.07) is 0. The fourth-order valence-corrected chi connectivity index (χ4v) is 8.88. The third-order valence-corrected chi connectivity index (χ3v) is 10.4. The molecule has 4 heterocycles. The number of cyclic esters (lactones) is 1. The summed E-state index contributed by atoms with van der Waals surface area (Å²) >= 11 is 0. The maximum Gasteiger partial charge on any atom is 0.334 e. The van der Waals surface area contributed by atoms with Crippen LogP contribution in [0.2, 0.25) is 0 Å². The topological polar surface area (TPSA) is 127 Å². The fraction of sp³-hybridized carbons (Fsp3) is 0.864. The first-order chi connectivity index (χ1) is 14.9. The van der Waals surface area contributed by atoms with Gasteiger partial charge in [-0.05, 0) is 36.7 Å². The van der Waals surface area contributed by atoms with Crippen molar-refractivity contribution >= 4 is 16.1 Å². The Balaban J connectivity index is 1.38.